The molecule has 0 atom stereocenters. The standard InChI is InChI=1S/C12H12BrF2NO/c13-10-6-9(7-17)2-3-11(10)16-5-1-4-12(14,15)8-16/h2-3,6-7H,1,4-5,8H2. The Morgan fingerprint density at radius 2 is 2.18 bits per heavy atom. The average Bonchev–Trinajstić information content (AvgIpc) is 2.27. The first-order chi connectivity index (χ1) is 8.02. The molecule has 0 radical (unpaired) electrons. The van der Waals surface area contributed by atoms with Crippen LogP contribution in [0, 0.1) is 0 Å². The Labute approximate surface area is 107 Å². The Morgan fingerprint density at radius 3 is 2.76 bits per heavy atom. The van der Waals surface area contributed by atoms with Crippen molar-refractivity contribution in [2.75, 3.05) is 18.0 Å². The molecule has 2 nitrogen and oxygen atoms in total. The van der Waals surface area contributed by atoms with Gasteiger partial charge in [-0.15, -0.1) is 0 Å². The minimum absolute atomic E-state index is 0.0481. The Kier molecular flexibility index (Phi) is 3.47. The van der Waals surface area contributed by atoms with Crippen molar-refractivity contribution in [1.29, 1.82) is 0 Å². The Hall–Kier alpha value is -0.970. The molecule has 0 amide bonds. The highest BCUT2D eigenvalue weighted by Crippen LogP contribution is 2.34. The van der Waals surface area contributed by atoms with Crippen LogP contribution in [0.3, 0.4) is 0 Å². The second-order valence-corrected chi connectivity index (χ2v) is 5.06. The third kappa shape index (κ3) is 2.83. The van der Waals surface area contributed by atoms with Crippen molar-refractivity contribution in [1.82, 2.24) is 0 Å². The number of benzene rings is 1. The fourth-order valence-electron chi connectivity index (χ4n) is 2.02. The predicted molar refractivity (Wildman–Crippen MR) is 65.9 cm³/mol. The molecule has 0 spiro atoms. The van der Waals surface area contributed by atoms with E-state index in [1.807, 2.05) is 0 Å². The Balaban J connectivity index is 2.25. The third-order valence-corrected chi connectivity index (χ3v) is 3.48. The number of alkyl halides is 2. The first kappa shape index (κ1) is 12.5. The van der Waals surface area contributed by atoms with Gasteiger partial charge in [0.1, 0.15) is 6.29 Å². The van der Waals surface area contributed by atoms with Gasteiger partial charge in [0.2, 0.25) is 0 Å². The average molecular weight is 304 g/mol. The second-order valence-electron chi connectivity index (χ2n) is 4.21. The van der Waals surface area contributed by atoms with Gasteiger partial charge in [-0.25, -0.2) is 8.78 Å². The maximum atomic E-state index is 13.3. The van der Waals surface area contributed by atoms with E-state index < -0.39 is 5.92 Å². The first-order valence-electron chi connectivity index (χ1n) is 5.39. The molecule has 0 aromatic heterocycles. The van der Waals surface area contributed by atoms with Crippen molar-refractivity contribution in [2.24, 2.45) is 0 Å². The van der Waals surface area contributed by atoms with E-state index in [0.29, 0.717) is 23.0 Å². The van der Waals surface area contributed by atoms with Crippen LogP contribution in [0.25, 0.3) is 0 Å². The smallest absolute Gasteiger partial charge is 0.265 e. The molecule has 0 unspecified atom stereocenters. The summed E-state index contributed by atoms with van der Waals surface area (Å²) < 4.78 is 27.3. The van der Waals surface area contributed by atoms with E-state index in [9.17, 15) is 13.6 Å². The van der Waals surface area contributed by atoms with E-state index in [0.717, 1.165) is 12.0 Å². The lowest BCUT2D eigenvalue weighted by molar-refractivity contribution is -0.0117. The lowest BCUT2D eigenvalue weighted by atomic mass is 10.1. The molecule has 92 valence electrons. The lowest BCUT2D eigenvalue weighted by Gasteiger charge is -2.34. The lowest BCUT2D eigenvalue weighted by Crippen LogP contribution is -2.42. The predicted octanol–water partition coefficient (Wildman–Crippen LogP) is 3.50. The van der Waals surface area contributed by atoms with E-state index in [1.54, 1.807) is 23.1 Å². The van der Waals surface area contributed by atoms with Crippen LogP contribution in [0.4, 0.5) is 14.5 Å². The van der Waals surface area contributed by atoms with Crippen molar-refractivity contribution in [3.05, 3.63) is 28.2 Å². The van der Waals surface area contributed by atoms with Crippen LogP contribution in [-0.4, -0.2) is 25.3 Å². The van der Waals surface area contributed by atoms with Crippen LogP contribution in [-0.2, 0) is 0 Å². The maximum Gasteiger partial charge on any atom is 0.265 e. The maximum absolute atomic E-state index is 13.3. The van der Waals surface area contributed by atoms with Gasteiger partial charge in [0, 0.05) is 23.0 Å². The number of carbonyl (C=O) groups is 1. The summed E-state index contributed by atoms with van der Waals surface area (Å²) in [5.41, 5.74) is 1.25. The Bertz CT molecular complexity index is 437. The highest BCUT2D eigenvalue weighted by molar-refractivity contribution is 9.10. The zero-order valence-electron chi connectivity index (χ0n) is 9.13. The summed E-state index contributed by atoms with van der Waals surface area (Å²) in [4.78, 5) is 12.2. The number of aldehydes is 1. The van der Waals surface area contributed by atoms with E-state index in [4.69, 9.17) is 0 Å². The molecule has 0 aliphatic carbocycles. The van der Waals surface area contributed by atoms with Gasteiger partial charge in [-0.2, -0.15) is 0 Å². The van der Waals surface area contributed by atoms with Crippen LogP contribution in [0.2, 0.25) is 0 Å². The monoisotopic (exact) mass is 303 g/mol. The van der Waals surface area contributed by atoms with Gasteiger partial charge < -0.3 is 4.90 Å². The highest BCUT2D eigenvalue weighted by atomic mass is 79.9. The molecule has 1 aromatic carbocycles. The molecule has 1 heterocycles. The van der Waals surface area contributed by atoms with Crippen LogP contribution >= 0.6 is 15.9 Å². The molecule has 0 N–H and O–H groups in total. The molecule has 2 rings (SSSR count). The zero-order chi connectivity index (χ0) is 12.5. The molecule has 5 heteroatoms. The molecular weight excluding hydrogens is 292 g/mol. The number of hydrogen-bond acceptors (Lipinski definition) is 2. The van der Waals surface area contributed by atoms with Crippen molar-refractivity contribution < 1.29 is 13.6 Å². The van der Waals surface area contributed by atoms with Gasteiger partial charge in [0.25, 0.3) is 5.92 Å². The molecule has 17 heavy (non-hydrogen) atoms. The summed E-state index contributed by atoms with van der Waals surface area (Å²) in [5, 5.41) is 0. The van der Waals surface area contributed by atoms with Crippen molar-refractivity contribution in [3.63, 3.8) is 0 Å². The van der Waals surface area contributed by atoms with Crippen LogP contribution in [0.5, 0.6) is 0 Å². The Morgan fingerprint density at radius 1 is 1.41 bits per heavy atom. The quantitative estimate of drug-likeness (QED) is 0.780. The first-order valence-corrected chi connectivity index (χ1v) is 6.19. The third-order valence-electron chi connectivity index (χ3n) is 2.84. The van der Waals surface area contributed by atoms with E-state index in [2.05, 4.69) is 15.9 Å². The normalized spacial score (nSPS) is 19.1. The summed E-state index contributed by atoms with van der Waals surface area (Å²) in [6.45, 7) is 0.362. The van der Waals surface area contributed by atoms with Gasteiger partial charge in [0.15, 0.2) is 0 Å². The highest BCUT2D eigenvalue weighted by Gasteiger charge is 2.35. The second kappa shape index (κ2) is 4.72. The number of carbonyl (C=O) groups excluding carboxylic acids is 1. The number of anilines is 1. The van der Waals surface area contributed by atoms with Gasteiger partial charge in [-0.1, -0.05) is 0 Å². The van der Waals surface area contributed by atoms with Gasteiger partial charge in [-0.3, -0.25) is 4.79 Å². The molecule has 1 saturated heterocycles. The zero-order valence-corrected chi connectivity index (χ0v) is 10.7. The number of piperidine rings is 1. The largest absolute Gasteiger partial charge is 0.365 e. The van der Waals surface area contributed by atoms with Crippen molar-refractivity contribution in [2.45, 2.75) is 18.8 Å². The fraction of sp³-hybridized carbons (Fsp3) is 0.417. The molecule has 0 saturated carbocycles. The van der Waals surface area contributed by atoms with E-state index in [1.165, 1.54) is 0 Å². The van der Waals surface area contributed by atoms with Crippen LogP contribution in [0.15, 0.2) is 22.7 Å². The number of hydrogen-bond donors (Lipinski definition) is 0. The van der Waals surface area contributed by atoms with Crippen LogP contribution in [0.1, 0.15) is 23.2 Å². The molecule has 0 bridgehead atoms. The van der Waals surface area contributed by atoms with Gasteiger partial charge in [0.05, 0.1) is 12.2 Å². The fourth-order valence-corrected chi connectivity index (χ4v) is 2.67. The minimum atomic E-state index is -2.62. The molecule has 1 fully saturated rings. The van der Waals surface area contributed by atoms with Crippen molar-refractivity contribution >= 4 is 27.9 Å². The number of nitrogens with zero attached hydrogens (tertiary/aromatic N) is 1. The van der Waals surface area contributed by atoms with Gasteiger partial charge >= 0.3 is 0 Å². The molecule has 1 aliphatic rings. The molecule has 1 aliphatic heterocycles. The summed E-state index contributed by atoms with van der Waals surface area (Å²) in [5.74, 6) is -2.62. The van der Waals surface area contributed by atoms with Crippen molar-refractivity contribution in [3.8, 4) is 0 Å². The number of rotatable bonds is 2. The minimum Gasteiger partial charge on any atom is -0.365 e. The molecular formula is C12H12BrF2NO. The SMILES string of the molecule is O=Cc1ccc(N2CCCC(F)(F)C2)c(Br)c1. The summed E-state index contributed by atoms with van der Waals surface area (Å²) in [6, 6.07) is 4.99. The summed E-state index contributed by atoms with van der Waals surface area (Å²) >= 11 is 3.32. The molecule has 1 aromatic rings. The van der Waals surface area contributed by atoms with E-state index in [-0.39, 0.29) is 13.0 Å². The summed E-state index contributed by atoms with van der Waals surface area (Å²) in [6.07, 6.45) is 1.17. The van der Waals surface area contributed by atoms with E-state index >= 15 is 0 Å². The topological polar surface area (TPSA) is 20.3 Å². The van der Waals surface area contributed by atoms with Gasteiger partial charge in [-0.05, 0) is 40.5 Å². The number of halogens is 3. The summed E-state index contributed by atoms with van der Waals surface area (Å²) in [7, 11) is 0. The van der Waals surface area contributed by atoms with Crippen LogP contribution < -0.4 is 4.90 Å².